The number of amides is 1. The van der Waals surface area contributed by atoms with E-state index >= 15 is 0 Å². The van der Waals surface area contributed by atoms with E-state index in [1.165, 1.54) is 0 Å². The minimum absolute atomic E-state index is 0.0724. The Morgan fingerprint density at radius 1 is 1.40 bits per heavy atom. The molecule has 20 heavy (non-hydrogen) atoms. The molecule has 6 heteroatoms. The third-order valence-corrected chi connectivity index (χ3v) is 4.20. The Morgan fingerprint density at radius 2 is 2.10 bits per heavy atom. The lowest BCUT2D eigenvalue weighted by Crippen LogP contribution is -2.47. The van der Waals surface area contributed by atoms with Gasteiger partial charge in [-0.1, -0.05) is 38.8 Å². The molecule has 1 aromatic carbocycles. The molecule has 110 valence electrons. The van der Waals surface area contributed by atoms with Crippen molar-refractivity contribution in [2.24, 2.45) is 0 Å². The highest BCUT2D eigenvalue weighted by Crippen LogP contribution is 2.20. The van der Waals surface area contributed by atoms with Crippen molar-refractivity contribution in [1.82, 2.24) is 10.2 Å². The quantitative estimate of drug-likeness (QED) is 0.837. The van der Waals surface area contributed by atoms with Crippen LogP contribution in [0.15, 0.2) is 27.1 Å². The average Bonchev–Trinajstić information content (AvgIpc) is 2.44. The van der Waals surface area contributed by atoms with E-state index in [4.69, 9.17) is 4.74 Å². The summed E-state index contributed by atoms with van der Waals surface area (Å²) >= 11 is 6.77. The molecule has 1 aromatic rings. The zero-order valence-corrected chi connectivity index (χ0v) is 14.5. The summed E-state index contributed by atoms with van der Waals surface area (Å²) in [6, 6.07) is 5.51. The highest BCUT2D eigenvalue weighted by Gasteiger charge is 2.20. The molecule has 1 aliphatic heterocycles. The van der Waals surface area contributed by atoms with Gasteiger partial charge in [0.05, 0.1) is 12.7 Å². The lowest BCUT2D eigenvalue weighted by molar-refractivity contribution is -0.0246. The van der Waals surface area contributed by atoms with E-state index in [0.29, 0.717) is 12.1 Å². The zero-order chi connectivity index (χ0) is 14.5. The second-order valence-electron chi connectivity index (χ2n) is 4.75. The molecule has 2 rings (SSSR count). The Morgan fingerprint density at radius 3 is 2.75 bits per heavy atom. The maximum atomic E-state index is 12.1. The zero-order valence-electron chi connectivity index (χ0n) is 11.4. The Bertz CT molecular complexity index is 462. The Labute approximate surface area is 136 Å². The number of carbonyl (C=O) groups excluding carboxylic acids is 1. The second-order valence-corrected chi connectivity index (χ2v) is 6.59. The Kier molecular flexibility index (Phi) is 6.01. The normalized spacial score (nSPS) is 19.9. The molecule has 0 spiro atoms. The number of benzene rings is 1. The van der Waals surface area contributed by atoms with Crippen molar-refractivity contribution in [2.75, 3.05) is 32.8 Å². The van der Waals surface area contributed by atoms with Crippen molar-refractivity contribution in [2.45, 2.75) is 13.0 Å². The molecule has 1 saturated heterocycles. The lowest BCUT2D eigenvalue weighted by atomic mass is 10.2. The lowest BCUT2D eigenvalue weighted by Gasteiger charge is -2.32. The predicted molar refractivity (Wildman–Crippen MR) is 86.0 cm³/mol. The Hall–Kier alpha value is -0.430. The molecule has 1 heterocycles. The summed E-state index contributed by atoms with van der Waals surface area (Å²) in [7, 11) is 0. The van der Waals surface area contributed by atoms with E-state index in [9.17, 15) is 4.79 Å². The highest BCUT2D eigenvalue weighted by atomic mass is 79.9. The first-order valence-corrected chi connectivity index (χ1v) is 8.25. The molecule has 1 aliphatic rings. The minimum Gasteiger partial charge on any atom is -0.374 e. The fourth-order valence-corrected chi connectivity index (χ4v) is 3.48. The number of hydrogen-bond acceptors (Lipinski definition) is 3. The number of carbonyl (C=O) groups is 1. The topological polar surface area (TPSA) is 41.6 Å². The molecular formula is C14H18Br2N2O2. The maximum absolute atomic E-state index is 12.1. The van der Waals surface area contributed by atoms with Crippen LogP contribution in [0.5, 0.6) is 0 Å². The van der Waals surface area contributed by atoms with E-state index in [-0.39, 0.29) is 12.0 Å². The van der Waals surface area contributed by atoms with Gasteiger partial charge < -0.3 is 10.1 Å². The van der Waals surface area contributed by atoms with Gasteiger partial charge >= 0.3 is 0 Å². The molecule has 0 aromatic heterocycles. The first kappa shape index (κ1) is 15.9. The third kappa shape index (κ3) is 4.55. The van der Waals surface area contributed by atoms with Crippen molar-refractivity contribution in [1.29, 1.82) is 0 Å². The van der Waals surface area contributed by atoms with Crippen LogP contribution in [0, 0.1) is 0 Å². The van der Waals surface area contributed by atoms with Crippen LogP contribution in [0.4, 0.5) is 0 Å². The van der Waals surface area contributed by atoms with Gasteiger partial charge in [-0.25, -0.2) is 0 Å². The summed E-state index contributed by atoms with van der Waals surface area (Å²) < 4.78 is 7.42. The number of hydrogen-bond donors (Lipinski definition) is 1. The van der Waals surface area contributed by atoms with E-state index in [1.807, 2.05) is 6.07 Å². The molecule has 0 saturated carbocycles. The molecule has 4 nitrogen and oxygen atoms in total. The number of nitrogens with one attached hydrogen (secondary N) is 1. The second kappa shape index (κ2) is 7.54. The summed E-state index contributed by atoms with van der Waals surface area (Å²) in [5.74, 6) is -0.0794. The van der Waals surface area contributed by atoms with Gasteiger partial charge in [0.25, 0.3) is 5.91 Å². The van der Waals surface area contributed by atoms with Crippen LogP contribution in [-0.4, -0.2) is 49.7 Å². The highest BCUT2D eigenvalue weighted by molar-refractivity contribution is 9.11. The van der Waals surface area contributed by atoms with Crippen LogP contribution in [0.2, 0.25) is 0 Å². The molecule has 0 bridgehead atoms. The molecular weight excluding hydrogens is 388 g/mol. The molecule has 1 atom stereocenters. The van der Waals surface area contributed by atoms with E-state index < -0.39 is 0 Å². The first-order chi connectivity index (χ1) is 9.58. The number of nitrogens with zero attached hydrogens (tertiary/aromatic N) is 1. The van der Waals surface area contributed by atoms with Crippen molar-refractivity contribution >= 4 is 37.8 Å². The monoisotopic (exact) mass is 404 g/mol. The van der Waals surface area contributed by atoms with Crippen LogP contribution < -0.4 is 5.32 Å². The smallest absolute Gasteiger partial charge is 0.251 e. The molecule has 1 unspecified atom stereocenters. The number of rotatable bonds is 4. The van der Waals surface area contributed by atoms with Gasteiger partial charge in [-0.05, 0) is 24.7 Å². The van der Waals surface area contributed by atoms with E-state index in [1.54, 1.807) is 12.1 Å². The van der Waals surface area contributed by atoms with Crippen molar-refractivity contribution in [3.8, 4) is 0 Å². The number of likely N-dealkylation sites (N-methyl/N-ethyl adjacent to an activating group) is 1. The first-order valence-electron chi connectivity index (χ1n) is 6.66. The summed E-state index contributed by atoms with van der Waals surface area (Å²) in [4.78, 5) is 14.5. The van der Waals surface area contributed by atoms with Crippen molar-refractivity contribution in [3.63, 3.8) is 0 Å². The van der Waals surface area contributed by atoms with Gasteiger partial charge in [0.1, 0.15) is 0 Å². The van der Waals surface area contributed by atoms with E-state index in [2.05, 4.69) is 49.0 Å². The van der Waals surface area contributed by atoms with Crippen molar-refractivity contribution in [3.05, 3.63) is 32.7 Å². The third-order valence-electron chi connectivity index (χ3n) is 3.29. The Balaban J connectivity index is 1.88. The number of ether oxygens (including phenoxy) is 1. The van der Waals surface area contributed by atoms with E-state index in [0.717, 1.165) is 35.2 Å². The van der Waals surface area contributed by atoms with Gasteiger partial charge in [0, 0.05) is 34.1 Å². The van der Waals surface area contributed by atoms with Crippen LogP contribution >= 0.6 is 31.9 Å². The average molecular weight is 406 g/mol. The van der Waals surface area contributed by atoms with Crippen LogP contribution in [0.1, 0.15) is 17.3 Å². The van der Waals surface area contributed by atoms with Gasteiger partial charge in [0.15, 0.2) is 0 Å². The number of halogens is 2. The van der Waals surface area contributed by atoms with Crippen LogP contribution in [0.25, 0.3) is 0 Å². The summed E-state index contributed by atoms with van der Waals surface area (Å²) in [6.45, 7) is 6.28. The largest absolute Gasteiger partial charge is 0.374 e. The molecule has 0 radical (unpaired) electrons. The van der Waals surface area contributed by atoms with Gasteiger partial charge in [-0.3, -0.25) is 9.69 Å². The minimum atomic E-state index is -0.0794. The van der Waals surface area contributed by atoms with Crippen LogP contribution in [0.3, 0.4) is 0 Å². The van der Waals surface area contributed by atoms with Gasteiger partial charge in [0.2, 0.25) is 0 Å². The van der Waals surface area contributed by atoms with Gasteiger partial charge in [-0.15, -0.1) is 0 Å². The van der Waals surface area contributed by atoms with Crippen molar-refractivity contribution < 1.29 is 9.53 Å². The molecule has 1 amide bonds. The maximum Gasteiger partial charge on any atom is 0.251 e. The standard InChI is InChI=1S/C14H18Br2N2O2/c1-2-18-3-4-20-13(9-18)8-17-14(19)10-5-11(15)7-12(16)6-10/h5-7,13H,2-4,8-9H2,1H3,(H,17,19). The fourth-order valence-electron chi connectivity index (χ4n) is 2.18. The fraction of sp³-hybridized carbons (Fsp3) is 0.500. The predicted octanol–water partition coefficient (Wildman–Crippen LogP) is 2.66. The molecule has 1 fully saturated rings. The van der Waals surface area contributed by atoms with Gasteiger partial charge in [-0.2, -0.15) is 0 Å². The summed E-state index contributed by atoms with van der Waals surface area (Å²) in [5.41, 5.74) is 0.634. The summed E-state index contributed by atoms with van der Waals surface area (Å²) in [5, 5.41) is 2.94. The molecule has 1 N–H and O–H groups in total. The summed E-state index contributed by atoms with van der Waals surface area (Å²) in [6.07, 6.45) is 0.0724. The molecule has 0 aliphatic carbocycles. The van der Waals surface area contributed by atoms with Crippen LogP contribution in [-0.2, 0) is 4.74 Å². The SMILES string of the molecule is CCN1CCOC(CNC(=O)c2cc(Br)cc(Br)c2)C1. The number of morpholine rings is 1.